The molecule has 0 heterocycles. The van der Waals surface area contributed by atoms with Crippen molar-refractivity contribution in [2.45, 2.75) is 0 Å². The van der Waals surface area contributed by atoms with Crippen LogP contribution in [-0.2, 0) is 3.83 Å². The maximum atomic E-state index is 4.42. The summed E-state index contributed by atoms with van der Waals surface area (Å²) in [6.07, 6.45) is 1.54. The van der Waals surface area contributed by atoms with Crippen LogP contribution >= 0.6 is 16.3 Å². The van der Waals surface area contributed by atoms with E-state index in [4.69, 9.17) is 0 Å². The molecule has 0 spiro atoms. The minimum Gasteiger partial charge on any atom is -0.368 e. The average Bonchev–Trinajstić information content (AvgIpc) is 1.35. The number of hydrogen-bond acceptors (Lipinski definition) is 1. The topological polar surface area (TPSA) is 12.2 Å². The monoisotopic (exact) mass is 152 g/mol. The molecule has 3 heteroatoms. The summed E-state index contributed by atoms with van der Waals surface area (Å²) in [4.78, 5) is 0. The molecule has 0 fully saturated rings. The Hall–Kier alpha value is -0.0500. The van der Waals surface area contributed by atoms with E-state index in [0.29, 0.717) is 0 Å². The Morgan fingerprint density at radius 1 is 1.67 bits per heavy atom. The highest BCUT2D eigenvalue weighted by Crippen LogP contribution is 1.73. The molecule has 0 rings (SSSR count). The van der Waals surface area contributed by atoms with Crippen molar-refractivity contribution in [3.05, 3.63) is 0 Å². The Bertz CT molecular complexity index is 57.8. The van der Waals surface area contributed by atoms with Crippen LogP contribution in [0.5, 0.6) is 0 Å². The molecular formula is C3H7BrNO+. The maximum Gasteiger partial charge on any atom is 0.334 e. The Labute approximate surface area is 45.9 Å². The second kappa shape index (κ2) is 3.15. The molecule has 0 aromatic heterocycles. The molecule has 0 N–H and O–H groups in total. The standard InChI is InChI=1S/C3H7BrNO/c1-5(2)3-6-4/h3H,1-2H3/q+1. The number of hydrogen-bond donors (Lipinski definition) is 0. The summed E-state index contributed by atoms with van der Waals surface area (Å²) in [6, 6.07) is 0. The average molecular weight is 153 g/mol. The van der Waals surface area contributed by atoms with Crippen molar-refractivity contribution in [3.63, 3.8) is 0 Å². The fourth-order valence-electron chi connectivity index (χ4n) is 0.0797. The van der Waals surface area contributed by atoms with Crippen LogP contribution in [0.3, 0.4) is 0 Å². The molecule has 0 unspecified atom stereocenters. The smallest absolute Gasteiger partial charge is 0.334 e. The lowest BCUT2D eigenvalue weighted by Gasteiger charge is -1.77. The first kappa shape index (κ1) is 5.95. The van der Waals surface area contributed by atoms with E-state index in [1.54, 1.807) is 11.0 Å². The third-order valence-corrected chi connectivity index (χ3v) is 0.418. The Morgan fingerprint density at radius 3 is 2.17 bits per heavy atom. The van der Waals surface area contributed by atoms with Gasteiger partial charge in [-0.2, -0.15) is 0 Å². The predicted octanol–water partition coefficient (Wildman–Crippen LogP) is 0.613. The van der Waals surface area contributed by atoms with Gasteiger partial charge in [0.1, 0.15) is 14.1 Å². The Kier molecular flexibility index (Phi) is 3.13. The zero-order valence-electron chi connectivity index (χ0n) is 3.81. The second-order valence-electron chi connectivity index (χ2n) is 1.16. The summed E-state index contributed by atoms with van der Waals surface area (Å²) in [6.45, 7) is 0. The molecular weight excluding hydrogens is 146 g/mol. The summed E-state index contributed by atoms with van der Waals surface area (Å²) in [5.74, 6) is 0. The zero-order valence-corrected chi connectivity index (χ0v) is 5.40. The van der Waals surface area contributed by atoms with Gasteiger partial charge in [0.2, 0.25) is 0 Å². The Balaban J connectivity index is 3.14. The van der Waals surface area contributed by atoms with E-state index in [1.165, 1.54) is 0 Å². The molecule has 2 nitrogen and oxygen atoms in total. The number of rotatable bonds is 1. The van der Waals surface area contributed by atoms with Crippen molar-refractivity contribution in [3.8, 4) is 0 Å². The molecule has 0 bridgehead atoms. The molecule has 36 valence electrons. The normalized spacial score (nSPS) is 7.17. The van der Waals surface area contributed by atoms with Crippen LogP contribution in [0.2, 0.25) is 0 Å². The molecule has 0 aliphatic carbocycles. The number of halogens is 1. The summed E-state index contributed by atoms with van der Waals surface area (Å²) < 4.78 is 6.20. The lowest BCUT2D eigenvalue weighted by Crippen LogP contribution is -1.96. The van der Waals surface area contributed by atoms with E-state index in [1.807, 2.05) is 14.1 Å². The van der Waals surface area contributed by atoms with Crippen molar-refractivity contribution < 1.29 is 8.40 Å². The molecule has 0 aromatic rings. The second-order valence-corrected chi connectivity index (χ2v) is 1.53. The van der Waals surface area contributed by atoms with E-state index >= 15 is 0 Å². The summed E-state index contributed by atoms with van der Waals surface area (Å²) in [7, 11) is 3.75. The van der Waals surface area contributed by atoms with Crippen LogP contribution in [-0.4, -0.2) is 25.1 Å². The van der Waals surface area contributed by atoms with Gasteiger partial charge in [0, 0.05) is 0 Å². The first-order chi connectivity index (χ1) is 2.77. The van der Waals surface area contributed by atoms with E-state index in [9.17, 15) is 0 Å². The fraction of sp³-hybridized carbons (Fsp3) is 0.667. The van der Waals surface area contributed by atoms with Gasteiger partial charge in [-0.25, -0.2) is 4.58 Å². The van der Waals surface area contributed by atoms with Crippen molar-refractivity contribution in [1.29, 1.82) is 0 Å². The van der Waals surface area contributed by atoms with Crippen molar-refractivity contribution in [2.24, 2.45) is 0 Å². The van der Waals surface area contributed by atoms with Gasteiger partial charge in [-0.3, -0.25) is 0 Å². The quantitative estimate of drug-likeness (QED) is 0.305. The minimum absolute atomic E-state index is 1.54. The molecule has 0 aliphatic rings. The van der Waals surface area contributed by atoms with Crippen LogP contribution in [0.15, 0.2) is 0 Å². The highest BCUT2D eigenvalue weighted by Gasteiger charge is 1.74. The van der Waals surface area contributed by atoms with Crippen LogP contribution in [0.25, 0.3) is 0 Å². The first-order valence-electron chi connectivity index (χ1n) is 1.54. The van der Waals surface area contributed by atoms with Crippen LogP contribution in [0.4, 0.5) is 0 Å². The van der Waals surface area contributed by atoms with Gasteiger partial charge < -0.3 is 3.83 Å². The molecule has 0 aliphatic heterocycles. The van der Waals surface area contributed by atoms with Crippen molar-refractivity contribution in [1.82, 2.24) is 0 Å². The number of nitrogens with zero attached hydrogens (tertiary/aromatic N) is 1. The largest absolute Gasteiger partial charge is 0.368 e. The van der Waals surface area contributed by atoms with Gasteiger partial charge in [-0.1, -0.05) is 0 Å². The fourth-order valence-corrected chi connectivity index (χ4v) is 0.414. The highest BCUT2D eigenvalue weighted by molar-refractivity contribution is 9.06. The van der Waals surface area contributed by atoms with Gasteiger partial charge in [0.15, 0.2) is 16.3 Å². The van der Waals surface area contributed by atoms with E-state index < -0.39 is 0 Å². The third-order valence-electron chi connectivity index (χ3n) is 0.251. The van der Waals surface area contributed by atoms with Gasteiger partial charge in [0.05, 0.1) is 0 Å². The van der Waals surface area contributed by atoms with Crippen molar-refractivity contribution in [2.75, 3.05) is 14.1 Å². The lowest BCUT2D eigenvalue weighted by atomic mass is 11.1. The van der Waals surface area contributed by atoms with E-state index in [0.717, 1.165) is 0 Å². The summed E-state index contributed by atoms with van der Waals surface area (Å²) >= 11 is 2.75. The van der Waals surface area contributed by atoms with E-state index in [2.05, 4.69) is 20.1 Å². The highest BCUT2D eigenvalue weighted by atomic mass is 79.9. The maximum absolute atomic E-state index is 4.42. The van der Waals surface area contributed by atoms with Gasteiger partial charge in [-0.05, 0) is 0 Å². The molecule has 0 saturated carbocycles. The third kappa shape index (κ3) is 3.95. The van der Waals surface area contributed by atoms with Crippen LogP contribution in [0.1, 0.15) is 0 Å². The van der Waals surface area contributed by atoms with Gasteiger partial charge >= 0.3 is 6.40 Å². The Morgan fingerprint density at radius 2 is 2.17 bits per heavy atom. The molecule has 0 aromatic carbocycles. The van der Waals surface area contributed by atoms with Gasteiger partial charge in [-0.15, -0.1) is 0 Å². The predicted molar refractivity (Wildman–Crippen MR) is 28.2 cm³/mol. The molecule has 6 heavy (non-hydrogen) atoms. The SMILES string of the molecule is C[N+](C)=COBr. The van der Waals surface area contributed by atoms with E-state index in [-0.39, 0.29) is 0 Å². The zero-order chi connectivity index (χ0) is 4.99. The minimum atomic E-state index is 1.54. The first-order valence-corrected chi connectivity index (χ1v) is 2.19. The lowest BCUT2D eigenvalue weighted by molar-refractivity contribution is -0.465. The van der Waals surface area contributed by atoms with Crippen molar-refractivity contribution >= 4 is 22.7 Å². The van der Waals surface area contributed by atoms with Gasteiger partial charge in [0.25, 0.3) is 0 Å². The van der Waals surface area contributed by atoms with Crippen LogP contribution < -0.4 is 0 Å². The molecule has 0 atom stereocenters. The molecule has 0 radical (unpaired) electrons. The van der Waals surface area contributed by atoms with Crippen LogP contribution in [0, 0.1) is 0 Å². The molecule has 0 amide bonds. The molecule has 0 saturated heterocycles. The summed E-state index contributed by atoms with van der Waals surface area (Å²) in [5.41, 5.74) is 0. The summed E-state index contributed by atoms with van der Waals surface area (Å²) in [5, 5.41) is 0.